The van der Waals surface area contributed by atoms with Crippen LogP contribution in [0.4, 0.5) is 0 Å². The van der Waals surface area contributed by atoms with Gasteiger partial charge in [-0.1, -0.05) is 39.8 Å². The predicted octanol–water partition coefficient (Wildman–Crippen LogP) is 3.22. The molecule has 0 aliphatic heterocycles. The van der Waals surface area contributed by atoms with Crippen LogP contribution in [0.3, 0.4) is 0 Å². The van der Waals surface area contributed by atoms with E-state index in [-0.39, 0.29) is 23.7 Å². The smallest absolute Gasteiger partial charge is 0.230 e. The van der Waals surface area contributed by atoms with Gasteiger partial charge in [-0.05, 0) is 29.7 Å². The van der Waals surface area contributed by atoms with Crippen LogP contribution in [0.2, 0.25) is 0 Å². The van der Waals surface area contributed by atoms with E-state index in [1.54, 1.807) is 11.8 Å². The molecule has 3 nitrogen and oxygen atoms in total. The molecular formula is C16H27ClN2OS. The maximum atomic E-state index is 11.6. The van der Waals surface area contributed by atoms with Gasteiger partial charge in [0.15, 0.2) is 0 Å². The predicted molar refractivity (Wildman–Crippen MR) is 94.7 cm³/mol. The lowest BCUT2D eigenvalue weighted by Crippen LogP contribution is -2.32. The lowest BCUT2D eigenvalue weighted by atomic mass is 9.87. The second-order valence-corrected chi connectivity index (χ2v) is 6.82. The first-order chi connectivity index (χ1) is 9.43. The number of amides is 1. The van der Waals surface area contributed by atoms with Crippen molar-refractivity contribution in [3.05, 3.63) is 29.8 Å². The van der Waals surface area contributed by atoms with Gasteiger partial charge in [-0.15, -0.1) is 24.2 Å². The summed E-state index contributed by atoms with van der Waals surface area (Å²) in [6.45, 7) is 11.1. The van der Waals surface area contributed by atoms with Crippen molar-refractivity contribution in [2.75, 3.05) is 25.4 Å². The first-order valence-corrected chi connectivity index (χ1v) is 8.13. The molecule has 2 N–H and O–H groups in total. The van der Waals surface area contributed by atoms with Crippen LogP contribution in [-0.2, 0) is 10.2 Å². The molecule has 0 aromatic heterocycles. The van der Waals surface area contributed by atoms with Crippen LogP contribution in [-0.4, -0.2) is 31.3 Å². The van der Waals surface area contributed by atoms with Crippen LogP contribution in [0.5, 0.6) is 0 Å². The molecule has 0 fully saturated rings. The highest BCUT2D eigenvalue weighted by Crippen LogP contribution is 2.25. The number of carbonyl (C=O) groups excluding carboxylic acids is 1. The zero-order valence-electron chi connectivity index (χ0n) is 13.4. The van der Waals surface area contributed by atoms with E-state index in [0.717, 1.165) is 18.0 Å². The summed E-state index contributed by atoms with van der Waals surface area (Å²) in [5, 5.41) is 6.08. The van der Waals surface area contributed by atoms with Gasteiger partial charge in [0, 0.05) is 18.0 Å². The second kappa shape index (κ2) is 10.1. The van der Waals surface area contributed by atoms with Gasteiger partial charge < -0.3 is 10.6 Å². The molecule has 1 rings (SSSR count). The summed E-state index contributed by atoms with van der Waals surface area (Å²) >= 11 is 1.58. The Labute approximate surface area is 139 Å². The maximum absolute atomic E-state index is 11.6. The molecular weight excluding hydrogens is 304 g/mol. The first-order valence-electron chi connectivity index (χ1n) is 7.14. The third-order valence-corrected chi connectivity index (χ3v) is 3.98. The lowest BCUT2D eigenvalue weighted by Gasteiger charge is -2.19. The number of nitrogens with one attached hydrogen (secondary N) is 2. The Morgan fingerprint density at radius 3 is 2.29 bits per heavy atom. The number of thioether (sulfide) groups is 1. The third-order valence-electron chi connectivity index (χ3n) is 2.96. The van der Waals surface area contributed by atoms with Crippen molar-refractivity contribution in [1.29, 1.82) is 0 Å². The van der Waals surface area contributed by atoms with E-state index in [1.165, 1.54) is 5.56 Å². The molecule has 0 saturated heterocycles. The standard InChI is InChI=1S/C16H26N2OS.ClH/c1-5-17-10-11-18-15(19)12-20-14-8-6-13(7-9-14)16(2,3)4;/h6-9,17H,5,10-12H2,1-4H3,(H,18,19);1H. The van der Waals surface area contributed by atoms with Crippen molar-refractivity contribution < 1.29 is 4.79 Å². The molecule has 21 heavy (non-hydrogen) atoms. The lowest BCUT2D eigenvalue weighted by molar-refractivity contribution is -0.118. The van der Waals surface area contributed by atoms with Gasteiger partial charge in [0.1, 0.15) is 0 Å². The van der Waals surface area contributed by atoms with Crippen LogP contribution >= 0.6 is 24.2 Å². The van der Waals surface area contributed by atoms with Crippen LogP contribution < -0.4 is 10.6 Å². The van der Waals surface area contributed by atoms with Crippen molar-refractivity contribution in [1.82, 2.24) is 10.6 Å². The van der Waals surface area contributed by atoms with Crippen molar-refractivity contribution in [2.24, 2.45) is 0 Å². The normalized spacial score (nSPS) is 10.9. The Morgan fingerprint density at radius 2 is 1.76 bits per heavy atom. The summed E-state index contributed by atoms with van der Waals surface area (Å²) in [7, 11) is 0. The van der Waals surface area contributed by atoms with Crippen molar-refractivity contribution in [3.63, 3.8) is 0 Å². The molecule has 1 aromatic carbocycles. The highest BCUT2D eigenvalue weighted by atomic mass is 35.5. The SMILES string of the molecule is CCNCCNC(=O)CSc1ccc(C(C)(C)C)cc1.Cl. The van der Waals surface area contributed by atoms with E-state index >= 15 is 0 Å². The molecule has 120 valence electrons. The van der Waals surface area contributed by atoms with E-state index < -0.39 is 0 Å². The molecule has 0 aliphatic carbocycles. The fraction of sp³-hybridized carbons (Fsp3) is 0.562. The van der Waals surface area contributed by atoms with Crippen molar-refractivity contribution >= 4 is 30.1 Å². The van der Waals surface area contributed by atoms with Crippen molar-refractivity contribution in [2.45, 2.75) is 38.0 Å². The molecule has 0 aliphatic rings. The molecule has 0 saturated carbocycles. The minimum absolute atomic E-state index is 0. The topological polar surface area (TPSA) is 41.1 Å². The van der Waals surface area contributed by atoms with Crippen molar-refractivity contribution in [3.8, 4) is 0 Å². The fourth-order valence-electron chi connectivity index (χ4n) is 1.72. The van der Waals surface area contributed by atoms with Gasteiger partial charge in [0.2, 0.25) is 5.91 Å². The Hall–Kier alpha value is -0.710. The van der Waals surface area contributed by atoms with Gasteiger partial charge >= 0.3 is 0 Å². The fourth-order valence-corrected chi connectivity index (χ4v) is 2.45. The van der Waals surface area contributed by atoms with Gasteiger partial charge in [0.25, 0.3) is 0 Å². The highest BCUT2D eigenvalue weighted by Gasteiger charge is 2.13. The minimum atomic E-state index is 0. The molecule has 0 unspecified atom stereocenters. The number of benzene rings is 1. The number of halogens is 1. The molecule has 1 aromatic rings. The molecule has 0 atom stereocenters. The van der Waals surface area contributed by atoms with Crippen LogP contribution in [0, 0.1) is 0 Å². The van der Waals surface area contributed by atoms with E-state index in [9.17, 15) is 4.79 Å². The average molecular weight is 331 g/mol. The number of hydrogen-bond acceptors (Lipinski definition) is 3. The second-order valence-electron chi connectivity index (χ2n) is 5.77. The minimum Gasteiger partial charge on any atom is -0.354 e. The molecule has 0 heterocycles. The Balaban J connectivity index is 0.00000400. The number of likely N-dealkylation sites (N-methyl/N-ethyl adjacent to an activating group) is 1. The maximum Gasteiger partial charge on any atom is 0.230 e. The van der Waals surface area contributed by atoms with Gasteiger partial charge in [-0.2, -0.15) is 0 Å². The highest BCUT2D eigenvalue weighted by molar-refractivity contribution is 8.00. The molecule has 0 radical (unpaired) electrons. The monoisotopic (exact) mass is 330 g/mol. The summed E-state index contributed by atoms with van der Waals surface area (Å²) in [5.74, 6) is 0.564. The number of hydrogen-bond donors (Lipinski definition) is 2. The summed E-state index contributed by atoms with van der Waals surface area (Å²) in [4.78, 5) is 12.8. The molecule has 1 amide bonds. The van der Waals surface area contributed by atoms with Crippen LogP contribution in [0.15, 0.2) is 29.2 Å². The van der Waals surface area contributed by atoms with Gasteiger partial charge in [0.05, 0.1) is 5.75 Å². The van der Waals surface area contributed by atoms with Gasteiger partial charge in [-0.3, -0.25) is 4.79 Å². The summed E-state index contributed by atoms with van der Waals surface area (Å²) < 4.78 is 0. The Bertz CT molecular complexity index is 415. The van der Waals surface area contributed by atoms with Crippen LogP contribution in [0.25, 0.3) is 0 Å². The summed E-state index contributed by atoms with van der Waals surface area (Å²) in [6, 6.07) is 8.48. The van der Waals surface area contributed by atoms with E-state index in [4.69, 9.17) is 0 Å². The number of rotatable bonds is 7. The van der Waals surface area contributed by atoms with Crippen LogP contribution in [0.1, 0.15) is 33.3 Å². The summed E-state index contributed by atoms with van der Waals surface area (Å²) in [6.07, 6.45) is 0. The summed E-state index contributed by atoms with van der Waals surface area (Å²) in [5.41, 5.74) is 1.49. The molecule has 5 heteroatoms. The zero-order chi connectivity index (χ0) is 15.0. The zero-order valence-corrected chi connectivity index (χ0v) is 15.0. The third kappa shape index (κ3) is 8.34. The van der Waals surface area contributed by atoms with E-state index in [2.05, 4.69) is 62.6 Å². The largest absolute Gasteiger partial charge is 0.354 e. The quantitative estimate of drug-likeness (QED) is 0.595. The Kier molecular flexibility index (Phi) is 9.75. The van der Waals surface area contributed by atoms with E-state index in [1.807, 2.05) is 0 Å². The first kappa shape index (κ1) is 20.3. The Morgan fingerprint density at radius 1 is 1.14 bits per heavy atom. The molecule has 0 bridgehead atoms. The van der Waals surface area contributed by atoms with E-state index in [0.29, 0.717) is 12.3 Å². The van der Waals surface area contributed by atoms with Gasteiger partial charge in [-0.25, -0.2) is 0 Å². The molecule has 0 spiro atoms. The average Bonchev–Trinajstić information content (AvgIpc) is 2.41. The number of carbonyl (C=O) groups is 1.